The number of nitrogens with one attached hydrogen (secondary N) is 2. The zero-order chi connectivity index (χ0) is 23.1. The molecular weight excluding hydrogens is 448 g/mol. The summed E-state index contributed by atoms with van der Waals surface area (Å²) < 4.78 is 0. The number of halogens is 1. The highest BCUT2D eigenvalue weighted by molar-refractivity contribution is 7.80. The molecule has 0 radical (unpaired) electrons. The highest BCUT2D eigenvalue weighted by atomic mass is 35.5. The van der Waals surface area contributed by atoms with Crippen molar-refractivity contribution in [3.05, 3.63) is 59.6 Å². The number of hydrogen-bond donors (Lipinski definition) is 2. The molecule has 1 atom stereocenters. The first-order chi connectivity index (χ1) is 15.4. The molecule has 0 unspecified atom stereocenters. The van der Waals surface area contributed by atoms with Crippen molar-refractivity contribution in [3.8, 4) is 0 Å². The molecule has 2 N–H and O–H groups in total. The Morgan fingerprint density at radius 2 is 1.72 bits per heavy atom. The van der Waals surface area contributed by atoms with Gasteiger partial charge in [0.1, 0.15) is 6.04 Å². The number of para-hydroxylation sites is 1. The lowest BCUT2D eigenvalue weighted by Crippen LogP contribution is -2.49. The van der Waals surface area contributed by atoms with Crippen LogP contribution in [-0.4, -0.2) is 33.9 Å². The van der Waals surface area contributed by atoms with Gasteiger partial charge in [0.05, 0.1) is 12.1 Å². The van der Waals surface area contributed by atoms with Crippen molar-refractivity contribution >= 4 is 58.0 Å². The Labute approximate surface area is 197 Å². The molecular formula is C23H25ClN4O3S. The van der Waals surface area contributed by atoms with Gasteiger partial charge in [0, 0.05) is 17.1 Å². The highest BCUT2D eigenvalue weighted by Gasteiger charge is 2.45. The Morgan fingerprint density at radius 1 is 1.03 bits per heavy atom. The van der Waals surface area contributed by atoms with Gasteiger partial charge in [-0.2, -0.15) is 0 Å². The first kappa shape index (κ1) is 23.7. The molecule has 32 heavy (non-hydrogen) atoms. The Hall–Kier alpha value is -2.97. The van der Waals surface area contributed by atoms with Gasteiger partial charge in [-0.15, -0.1) is 0 Å². The minimum absolute atomic E-state index is 0.110. The number of benzene rings is 2. The van der Waals surface area contributed by atoms with Crippen molar-refractivity contribution in [2.45, 2.75) is 45.1 Å². The van der Waals surface area contributed by atoms with Gasteiger partial charge in [-0.05, 0) is 55.0 Å². The summed E-state index contributed by atoms with van der Waals surface area (Å²) in [7, 11) is 0. The van der Waals surface area contributed by atoms with E-state index in [-0.39, 0.29) is 23.3 Å². The van der Waals surface area contributed by atoms with Crippen molar-refractivity contribution < 1.29 is 14.4 Å². The molecule has 0 aromatic heterocycles. The van der Waals surface area contributed by atoms with E-state index in [1.165, 1.54) is 9.91 Å². The quantitative estimate of drug-likeness (QED) is 0.420. The van der Waals surface area contributed by atoms with Gasteiger partial charge in [-0.3, -0.25) is 24.7 Å². The maximum Gasteiger partial charge on any atom is 0.258 e. The number of amides is 3. The van der Waals surface area contributed by atoms with Crippen molar-refractivity contribution in [3.63, 3.8) is 0 Å². The number of rotatable bonds is 9. The molecule has 2 aromatic rings. The fourth-order valence-electron chi connectivity index (χ4n) is 3.36. The Morgan fingerprint density at radius 3 is 2.38 bits per heavy atom. The van der Waals surface area contributed by atoms with Crippen molar-refractivity contribution in [2.75, 3.05) is 10.2 Å². The lowest BCUT2D eigenvalue weighted by molar-refractivity contribution is -0.129. The summed E-state index contributed by atoms with van der Waals surface area (Å²) in [5.74, 6) is -1.00. The molecule has 9 heteroatoms. The molecule has 1 fully saturated rings. The molecule has 0 spiro atoms. The molecule has 3 amide bonds. The van der Waals surface area contributed by atoms with Gasteiger partial charge in [0.25, 0.3) is 5.91 Å². The van der Waals surface area contributed by atoms with E-state index < -0.39 is 11.9 Å². The van der Waals surface area contributed by atoms with Gasteiger partial charge in [0.2, 0.25) is 16.9 Å². The number of hydrazine groups is 1. The largest absolute Gasteiger partial charge is 0.326 e. The minimum Gasteiger partial charge on any atom is -0.326 e. The van der Waals surface area contributed by atoms with Crippen LogP contribution in [0, 0.1) is 0 Å². The van der Waals surface area contributed by atoms with E-state index in [0.29, 0.717) is 22.8 Å². The fourth-order valence-corrected chi connectivity index (χ4v) is 3.86. The summed E-state index contributed by atoms with van der Waals surface area (Å²) in [6.45, 7) is 2.05. The van der Waals surface area contributed by atoms with Gasteiger partial charge in [-0.1, -0.05) is 49.6 Å². The average Bonchev–Trinajstić information content (AvgIpc) is 2.99. The van der Waals surface area contributed by atoms with Crippen LogP contribution < -0.4 is 15.6 Å². The van der Waals surface area contributed by atoms with Crippen LogP contribution in [-0.2, 0) is 14.4 Å². The summed E-state index contributed by atoms with van der Waals surface area (Å²) in [5.41, 5.74) is 3.87. The standard InChI is InChI=1S/C23H25ClN4O3S/c1-2-3-5-10-20(29)26-28-19(15-21(30)25-17-8-6-4-7-9-17)22(31)27(23(28)32)18-13-11-16(24)12-14-18/h4,6-9,11-14,19H,2-3,5,10,15H2,1H3,(H,25,30)(H,26,29)/t19-/m0/s1. The fraction of sp³-hybridized carbons (Fsp3) is 0.304. The number of carbonyl (C=O) groups excluding carboxylic acids is 3. The van der Waals surface area contributed by atoms with E-state index >= 15 is 0 Å². The number of hydrogen-bond acceptors (Lipinski definition) is 4. The van der Waals surface area contributed by atoms with Crippen molar-refractivity contribution in [2.24, 2.45) is 0 Å². The van der Waals surface area contributed by atoms with Gasteiger partial charge < -0.3 is 5.32 Å². The van der Waals surface area contributed by atoms with E-state index in [2.05, 4.69) is 17.7 Å². The molecule has 2 aromatic carbocycles. The van der Waals surface area contributed by atoms with Gasteiger partial charge >= 0.3 is 0 Å². The van der Waals surface area contributed by atoms with E-state index in [9.17, 15) is 14.4 Å². The Kier molecular flexibility index (Phi) is 8.19. The van der Waals surface area contributed by atoms with Crippen LogP contribution in [0.25, 0.3) is 0 Å². The second kappa shape index (κ2) is 11.1. The maximum absolute atomic E-state index is 13.3. The zero-order valence-corrected chi connectivity index (χ0v) is 19.3. The van der Waals surface area contributed by atoms with Crippen molar-refractivity contribution in [1.29, 1.82) is 0 Å². The lowest BCUT2D eigenvalue weighted by Gasteiger charge is -2.24. The third-order valence-corrected chi connectivity index (χ3v) is 5.62. The van der Waals surface area contributed by atoms with Crippen LogP contribution >= 0.6 is 23.8 Å². The predicted octanol–water partition coefficient (Wildman–Crippen LogP) is 4.28. The van der Waals surface area contributed by atoms with Crippen LogP contribution in [0.1, 0.15) is 39.0 Å². The summed E-state index contributed by atoms with van der Waals surface area (Å²) in [4.78, 5) is 39.7. The molecule has 1 aliphatic heterocycles. The monoisotopic (exact) mass is 472 g/mol. The molecule has 7 nitrogen and oxygen atoms in total. The third kappa shape index (κ3) is 5.83. The molecule has 3 rings (SSSR count). The molecule has 0 saturated carbocycles. The van der Waals surface area contributed by atoms with Crippen molar-refractivity contribution in [1.82, 2.24) is 10.4 Å². The summed E-state index contributed by atoms with van der Waals surface area (Å²) in [5, 5.41) is 4.73. The third-order valence-electron chi connectivity index (χ3n) is 4.99. The Balaban J connectivity index is 1.79. The van der Waals surface area contributed by atoms with E-state index in [0.717, 1.165) is 19.3 Å². The second-order valence-electron chi connectivity index (χ2n) is 7.43. The Bertz CT molecular complexity index is 984. The normalized spacial score (nSPS) is 15.8. The first-order valence-corrected chi connectivity index (χ1v) is 11.3. The molecule has 0 bridgehead atoms. The number of nitrogens with zero attached hydrogens (tertiary/aromatic N) is 2. The first-order valence-electron chi connectivity index (χ1n) is 10.5. The molecule has 1 heterocycles. The van der Waals surface area contributed by atoms with Gasteiger partial charge in [-0.25, -0.2) is 5.01 Å². The topological polar surface area (TPSA) is 81.8 Å². The maximum atomic E-state index is 13.3. The molecule has 0 aliphatic carbocycles. The minimum atomic E-state index is -0.961. The van der Waals surface area contributed by atoms with E-state index in [4.69, 9.17) is 23.8 Å². The molecule has 168 valence electrons. The number of carbonyl (C=O) groups is 3. The van der Waals surface area contributed by atoms with E-state index in [1.807, 2.05) is 6.07 Å². The summed E-state index contributed by atoms with van der Waals surface area (Å²) in [6, 6.07) is 14.6. The smallest absolute Gasteiger partial charge is 0.258 e. The second-order valence-corrected chi connectivity index (χ2v) is 8.23. The average molecular weight is 473 g/mol. The molecule has 1 aliphatic rings. The number of unbranched alkanes of at least 4 members (excludes halogenated alkanes) is 2. The summed E-state index contributed by atoms with van der Waals surface area (Å²) >= 11 is 11.5. The predicted molar refractivity (Wildman–Crippen MR) is 129 cm³/mol. The summed E-state index contributed by atoms with van der Waals surface area (Å²) in [6.07, 6.45) is 2.78. The number of thiocarbonyl (C=S) groups is 1. The lowest BCUT2D eigenvalue weighted by atomic mass is 10.1. The van der Waals surface area contributed by atoms with Crippen LogP contribution in [0.15, 0.2) is 54.6 Å². The highest BCUT2D eigenvalue weighted by Crippen LogP contribution is 2.27. The van der Waals surface area contributed by atoms with Crippen LogP contribution in [0.2, 0.25) is 5.02 Å². The van der Waals surface area contributed by atoms with E-state index in [1.54, 1.807) is 48.5 Å². The SMILES string of the molecule is CCCCCC(=O)NN1C(=S)N(c2ccc(Cl)cc2)C(=O)[C@@H]1CC(=O)Nc1ccccc1. The molecule has 1 saturated heterocycles. The van der Waals surface area contributed by atoms with Crippen LogP contribution in [0.4, 0.5) is 11.4 Å². The van der Waals surface area contributed by atoms with Crippen LogP contribution in [0.5, 0.6) is 0 Å². The number of anilines is 2. The zero-order valence-electron chi connectivity index (χ0n) is 17.7. The van der Waals surface area contributed by atoms with Gasteiger partial charge in [0.15, 0.2) is 0 Å². The van der Waals surface area contributed by atoms with Crippen LogP contribution in [0.3, 0.4) is 0 Å².